The van der Waals surface area contributed by atoms with Crippen LogP contribution in [0.1, 0.15) is 38.4 Å². The average Bonchev–Trinajstić information content (AvgIpc) is 2.92. The molecule has 146 valence electrons. The first kappa shape index (κ1) is 19.8. The number of hydrogen-bond donors (Lipinski definition) is 2. The molecule has 0 aliphatic rings. The standard InChI is InChI=1S/C23H25FN2O2/c1-16-21(14-25-13-12-18-6-4-3-5-7-18)22(23(27)28)17(2)26(16)15-19-8-10-20(24)11-9-19/h3-11,25H,12-15H2,1-2H3,(H,27,28). The fraction of sp³-hybridized carbons (Fsp3) is 0.261. The summed E-state index contributed by atoms with van der Waals surface area (Å²) >= 11 is 0. The van der Waals surface area contributed by atoms with Crippen molar-refractivity contribution in [1.82, 2.24) is 9.88 Å². The summed E-state index contributed by atoms with van der Waals surface area (Å²) in [6, 6.07) is 16.5. The van der Waals surface area contributed by atoms with E-state index in [9.17, 15) is 14.3 Å². The van der Waals surface area contributed by atoms with Crippen LogP contribution in [0.5, 0.6) is 0 Å². The molecule has 2 N–H and O–H groups in total. The normalized spacial score (nSPS) is 11.0. The molecule has 2 aromatic carbocycles. The molecule has 28 heavy (non-hydrogen) atoms. The Labute approximate surface area is 164 Å². The van der Waals surface area contributed by atoms with Gasteiger partial charge in [0.15, 0.2) is 0 Å². The summed E-state index contributed by atoms with van der Waals surface area (Å²) in [6.07, 6.45) is 0.886. The Hall–Kier alpha value is -2.92. The summed E-state index contributed by atoms with van der Waals surface area (Å²) in [5.74, 6) is -1.20. The Kier molecular flexibility index (Phi) is 6.26. The van der Waals surface area contributed by atoms with Gasteiger partial charge in [-0.3, -0.25) is 0 Å². The number of carbonyl (C=O) groups is 1. The van der Waals surface area contributed by atoms with Crippen molar-refractivity contribution in [2.24, 2.45) is 0 Å². The molecule has 0 saturated heterocycles. The van der Waals surface area contributed by atoms with E-state index >= 15 is 0 Å². The monoisotopic (exact) mass is 380 g/mol. The first-order valence-electron chi connectivity index (χ1n) is 9.38. The largest absolute Gasteiger partial charge is 0.478 e. The van der Waals surface area contributed by atoms with Gasteiger partial charge >= 0.3 is 5.97 Å². The van der Waals surface area contributed by atoms with Gasteiger partial charge in [-0.2, -0.15) is 0 Å². The molecule has 4 nitrogen and oxygen atoms in total. The third-order valence-corrected chi connectivity index (χ3v) is 5.11. The summed E-state index contributed by atoms with van der Waals surface area (Å²) in [6.45, 7) is 5.55. The number of aromatic nitrogens is 1. The van der Waals surface area contributed by atoms with Crippen LogP contribution in [-0.2, 0) is 19.5 Å². The highest BCUT2D eigenvalue weighted by molar-refractivity contribution is 5.91. The maximum atomic E-state index is 13.2. The van der Waals surface area contributed by atoms with Crippen LogP contribution in [0.3, 0.4) is 0 Å². The van der Waals surface area contributed by atoms with E-state index in [2.05, 4.69) is 17.4 Å². The summed E-state index contributed by atoms with van der Waals surface area (Å²) in [5.41, 5.74) is 4.98. The molecular weight excluding hydrogens is 355 g/mol. The van der Waals surface area contributed by atoms with E-state index in [-0.39, 0.29) is 5.82 Å². The Balaban J connectivity index is 1.76. The number of aromatic carboxylic acids is 1. The lowest BCUT2D eigenvalue weighted by molar-refractivity contribution is 0.0694. The van der Waals surface area contributed by atoms with Crippen LogP contribution in [0.25, 0.3) is 0 Å². The molecule has 0 radical (unpaired) electrons. The zero-order valence-electron chi connectivity index (χ0n) is 16.2. The molecule has 1 heterocycles. The molecule has 0 fully saturated rings. The summed E-state index contributed by atoms with van der Waals surface area (Å²) in [4.78, 5) is 11.9. The van der Waals surface area contributed by atoms with E-state index < -0.39 is 5.97 Å². The molecule has 0 aliphatic carbocycles. The van der Waals surface area contributed by atoms with Crippen molar-refractivity contribution in [3.05, 3.63) is 94.1 Å². The first-order chi connectivity index (χ1) is 13.5. The topological polar surface area (TPSA) is 54.3 Å². The van der Waals surface area contributed by atoms with Crippen molar-refractivity contribution in [3.8, 4) is 0 Å². The SMILES string of the molecule is Cc1c(CNCCc2ccccc2)c(C(=O)O)c(C)n1Cc1ccc(F)cc1. The van der Waals surface area contributed by atoms with Crippen LogP contribution < -0.4 is 5.32 Å². The van der Waals surface area contributed by atoms with E-state index in [4.69, 9.17) is 0 Å². The minimum Gasteiger partial charge on any atom is -0.478 e. The number of halogens is 1. The molecule has 3 rings (SSSR count). The lowest BCUT2D eigenvalue weighted by Crippen LogP contribution is -2.18. The van der Waals surface area contributed by atoms with Crippen LogP contribution in [0.2, 0.25) is 0 Å². The number of carboxylic acid groups (broad SMARTS) is 1. The third kappa shape index (κ3) is 4.49. The highest BCUT2D eigenvalue weighted by Gasteiger charge is 2.22. The van der Waals surface area contributed by atoms with Crippen LogP contribution in [0.15, 0.2) is 54.6 Å². The molecular formula is C23H25FN2O2. The maximum Gasteiger partial charge on any atom is 0.337 e. The highest BCUT2D eigenvalue weighted by atomic mass is 19.1. The van der Waals surface area contributed by atoms with Crippen LogP contribution in [-0.4, -0.2) is 22.2 Å². The number of nitrogens with one attached hydrogen (secondary N) is 1. The molecule has 0 spiro atoms. The maximum absolute atomic E-state index is 13.2. The second-order valence-corrected chi connectivity index (χ2v) is 6.95. The van der Waals surface area contributed by atoms with E-state index in [0.29, 0.717) is 24.3 Å². The molecule has 0 amide bonds. The van der Waals surface area contributed by atoms with Gasteiger partial charge in [-0.25, -0.2) is 9.18 Å². The second-order valence-electron chi connectivity index (χ2n) is 6.95. The van der Waals surface area contributed by atoms with Gasteiger partial charge < -0.3 is 15.0 Å². The van der Waals surface area contributed by atoms with Crippen LogP contribution in [0, 0.1) is 19.7 Å². The molecule has 0 bridgehead atoms. The zero-order valence-corrected chi connectivity index (χ0v) is 16.2. The average molecular weight is 380 g/mol. The Bertz CT molecular complexity index is 947. The number of hydrogen-bond acceptors (Lipinski definition) is 2. The van der Waals surface area contributed by atoms with E-state index in [0.717, 1.165) is 29.8 Å². The van der Waals surface area contributed by atoms with Crippen molar-refractivity contribution in [3.63, 3.8) is 0 Å². The molecule has 0 aliphatic heterocycles. The van der Waals surface area contributed by atoms with Crippen LogP contribution >= 0.6 is 0 Å². The molecule has 0 atom stereocenters. The molecule has 0 saturated carbocycles. The van der Waals surface area contributed by atoms with Gasteiger partial charge in [0.25, 0.3) is 0 Å². The number of carboxylic acids is 1. The minimum atomic E-state index is -0.918. The molecule has 3 aromatic rings. The van der Waals surface area contributed by atoms with Crippen molar-refractivity contribution in [1.29, 1.82) is 0 Å². The van der Waals surface area contributed by atoms with Gasteiger partial charge in [-0.15, -0.1) is 0 Å². The lowest BCUT2D eigenvalue weighted by atomic mass is 10.1. The Morgan fingerprint density at radius 3 is 2.32 bits per heavy atom. The minimum absolute atomic E-state index is 0.278. The van der Waals surface area contributed by atoms with Crippen molar-refractivity contribution >= 4 is 5.97 Å². The van der Waals surface area contributed by atoms with E-state index in [1.54, 1.807) is 12.1 Å². The fourth-order valence-electron chi connectivity index (χ4n) is 3.55. The first-order valence-corrected chi connectivity index (χ1v) is 9.38. The van der Waals surface area contributed by atoms with Gasteiger partial charge in [-0.05, 0) is 50.1 Å². The Morgan fingerprint density at radius 1 is 1.00 bits per heavy atom. The number of nitrogens with zero attached hydrogens (tertiary/aromatic N) is 1. The van der Waals surface area contributed by atoms with Gasteiger partial charge in [0.05, 0.1) is 5.56 Å². The molecule has 0 unspecified atom stereocenters. The molecule has 5 heteroatoms. The van der Waals surface area contributed by atoms with Crippen LogP contribution in [0.4, 0.5) is 4.39 Å². The van der Waals surface area contributed by atoms with E-state index in [1.165, 1.54) is 17.7 Å². The van der Waals surface area contributed by atoms with Gasteiger partial charge in [0, 0.05) is 30.0 Å². The predicted molar refractivity (Wildman–Crippen MR) is 108 cm³/mol. The fourth-order valence-corrected chi connectivity index (χ4v) is 3.55. The van der Waals surface area contributed by atoms with Gasteiger partial charge in [0.1, 0.15) is 5.82 Å². The highest BCUT2D eigenvalue weighted by Crippen LogP contribution is 2.24. The Morgan fingerprint density at radius 2 is 1.68 bits per heavy atom. The second kappa shape index (κ2) is 8.85. The predicted octanol–water partition coefficient (Wildman–Crippen LogP) is 4.32. The van der Waals surface area contributed by atoms with Crippen molar-refractivity contribution in [2.45, 2.75) is 33.4 Å². The number of benzene rings is 2. The van der Waals surface area contributed by atoms with Crippen molar-refractivity contribution in [2.75, 3.05) is 6.54 Å². The third-order valence-electron chi connectivity index (χ3n) is 5.11. The van der Waals surface area contributed by atoms with Gasteiger partial charge in [0.2, 0.25) is 0 Å². The van der Waals surface area contributed by atoms with Crippen molar-refractivity contribution < 1.29 is 14.3 Å². The smallest absolute Gasteiger partial charge is 0.337 e. The summed E-state index contributed by atoms with van der Waals surface area (Å²) in [5, 5.41) is 13.1. The zero-order chi connectivity index (χ0) is 20.1. The quantitative estimate of drug-likeness (QED) is 0.572. The summed E-state index contributed by atoms with van der Waals surface area (Å²) < 4.78 is 15.2. The summed E-state index contributed by atoms with van der Waals surface area (Å²) in [7, 11) is 0. The van der Waals surface area contributed by atoms with E-state index in [1.807, 2.05) is 36.6 Å². The number of rotatable bonds is 8. The molecule has 1 aromatic heterocycles. The van der Waals surface area contributed by atoms with Gasteiger partial charge in [-0.1, -0.05) is 42.5 Å². The lowest BCUT2D eigenvalue weighted by Gasteiger charge is -2.10.